The summed E-state index contributed by atoms with van der Waals surface area (Å²) in [4.78, 5) is 0. The zero-order valence-electron chi connectivity index (χ0n) is 13.3. The second-order valence-corrected chi connectivity index (χ2v) is 5.98. The van der Waals surface area contributed by atoms with Crippen LogP contribution in [0.25, 0.3) is 0 Å². The van der Waals surface area contributed by atoms with E-state index >= 15 is 0 Å². The number of aryl methyl sites for hydroxylation is 1. The number of hydrogen-bond donors (Lipinski definition) is 0. The van der Waals surface area contributed by atoms with Crippen molar-refractivity contribution in [1.82, 2.24) is 0 Å². The first kappa shape index (κ1) is 14.7. The molecule has 0 bridgehead atoms. The number of anilines is 1. The van der Waals surface area contributed by atoms with Gasteiger partial charge in [0.05, 0.1) is 18.0 Å². The van der Waals surface area contributed by atoms with E-state index in [1.165, 1.54) is 23.3 Å². The molecule has 0 saturated carbocycles. The summed E-state index contributed by atoms with van der Waals surface area (Å²) in [7, 11) is 0. The van der Waals surface area contributed by atoms with Gasteiger partial charge in [0.1, 0.15) is 17.3 Å². The van der Waals surface area contributed by atoms with Gasteiger partial charge in [-0.3, -0.25) is 5.01 Å². The Morgan fingerprint density at radius 2 is 1.79 bits per heavy atom. The smallest absolute Gasteiger partial charge is 0.149 e. The van der Waals surface area contributed by atoms with Crippen molar-refractivity contribution in [3.8, 4) is 0 Å². The Morgan fingerprint density at radius 1 is 1.04 bits per heavy atom. The third-order valence-electron chi connectivity index (χ3n) is 4.27. The first-order chi connectivity index (χ1) is 11.7. The van der Waals surface area contributed by atoms with E-state index in [2.05, 4.69) is 31.2 Å². The minimum Gasteiger partial charge on any atom is -0.463 e. The Labute approximate surface area is 140 Å². The van der Waals surface area contributed by atoms with Crippen LogP contribution in [0.15, 0.2) is 76.4 Å². The van der Waals surface area contributed by atoms with Gasteiger partial charge < -0.3 is 4.42 Å². The third kappa shape index (κ3) is 2.71. The van der Waals surface area contributed by atoms with Crippen LogP contribution in [0.5, 0.6) is 0 Å². The average Bonchev–Trinajstić information content (AvgIpc) is 3.26. The second-order valence-electron chi connectivity index (χ2n) is 5.98. The maximum absolute atomic E-state index is 13.3. The van der Waals surface area contributed by atoms with Gasteiger partial charge in [-0.2, -0.15) is 5.10 Å². The van der Waals surface area contributed by atoms with Crippen molar-refractivity contribution in [2.45, 2.75) is 19.4 Å². The predicted molar refractivity (Wildman–Crippen MR) is 92.7 cm³/mol. The van der Waals surface area contributed by atoms with Gasteiger partial charge in [-0.15, -0.1) is 0 Å². The van der Waals surface area contributed by atoms with Crippen LogP contribution in [0.4, 0.5) is 10.1 Å². The van der Waals surface area contributed by atoms with Crippen molar-refractivity contribution in [3.05, 3.63) is 89.6 Å². The number of furan rings is 1. The number of halogens is 1. The molecule has 0 amide bonds. The molecule has 120 valence electrons. The van der Waals surface area contributed by atoms with E-state index in [4.69, 9.17) is 9.52 Å². The molecule has 2 aromatic carbocycles. The molecule has 0 aliphatic carbocycles. The molecule has 0 spiro atoms. The fourth-order valence-electron chi connectivity index (χ4n) is 2.98. The van der Waals surface area contributed by atoms with Gasteiger partial charge in [-0.25, -0.2) is 4.39 Å². The number of hydrazone groups is 1. The first-order valence-electron chi connectivity index (χ1n) is 7.93. The van der Waals surface area contributed by atoms with Crippen molar-refractivity contribution >= 4 is 11.4 Å². The van der Waals surface area contributed by atoms with Gasteiger partial charge in [0.15, 0.2) is 0 Å². The summed E-state index contributed by atoms with van der Waals surface area (Å²) in [6.07, 6.45) is 2.40. The number of nitrogens with zero attached hydrogens (tertiary/aromatic N) is 2. The highest BCUT2D eigenvalue weighted by Gasteiger charge is 2.30. The SMILES string of the molecule is Cc1ccc(C2CC(c3ccco3)=NN2c2ccc(F)cc2)cc1. The Bertz CT molecular complexity index is 852. The summed E-state index contributed by atoms with van der Waals surface area (Å²) >= 11 is 0. The largest absolute Gasteiger partial charge is 0.463 e. The molecule has 4 rings (SSSR count). The molecule has 24 heavy (non-hydrogen) atoms. The van der Waals surface area contributed by atoms with Gasteiger partial charge in [0.2, 0.25) is 0 Å². The lowest BCUT2D eigenvalue weighted by Crippen LogP contribution is -2.18. The van der Waals surface area contributed by atoms with Crippen LogP contribution >= 0.6 is 0 Å². The minimum atomic E-state index is -0.250. The fourth-order valence-corrected chi connectivity index (χ4v) is 2.98. The average molecular weight is 320 g/mol. The van der Waals surface area contributed by atoms with Crippen molar-refractivity contribution in [2.24, 2.45) is 5.10 Å². The van der Waals surface area contributed by atoms with Crippen LogP contribution in [0, 0.1) is 12.7 Å². The molecule has 0 radical (unpaired) electrons. The Kier molecular flexibility index (Phi) is 3.65. The lowest BCUT2D eigenvalue weighted by atomic mass is 9.99. The van der Waals surface area contributed by atoms with Gasteiger partial charge in [0, 0.05) is 6.42 Å². The molecule has 0 N–H and O–H groups in total. The zero-order chi connectivity index (χ0) is 16.5. The first-order valence-corrected chi connectivity index (χ1v) is 7.93. The summed E-state index contributed by atoms with van der Waals surface area (Å²) in [5, 5.41) is 6.69. The quantitative estimate of drug-likeness (QED) is 0.673. The lowest BCUT2D eigenvalue weighted by Gasteiger charge is -2.24. The number of hydrogen-bond acceptors (Lipinski definition) is 3. The predicted octanol–water partition coefficient (Wildman–Crippen LogP) is 5.08. The van der Waals surface area contributed by atoms with Crippen LogP contribution in [0.1, 0.15) is 29.3 Å². The molecule has 1 atom stereocenters. The maximum Gasteiger partial charge on any atom is 0.149 e. The molecule has 4 heteroatoms. The molecule has 0 saturated heterocycles. The molecular weight excluding hydrogens is 303 g/mol. The van der Waals surface area contributed by atoms with E-state index < -0.39 is 0 Å². The van der Waals surface area contributed by atoms with E-state index in [0.29, 0.717) is 0 Å². The van der Waals surface area contributed by atoms with Gasteiger partial charge in [-0.05, 0) is 48.9 Å². The molecule has 3 nitrogen and oxygen atoms in total. The van der Waals surface area contributed by atoms with Gasteiger partial charge in [0.25, 0.3) is 0 Å². The van der Waals surface area contributed by atoms with Gasteiger partial charge >= 0.3 is 0 Å². The van der Waals surface area contributed by atoms with E-state index in [1.54, 1.807) is 18.4 Å². The zero-order valence-corrected chi connectivity index (χ0v) is 13.3. The van der Waals surface area contributed by atoms with E-state index in [1.807, 2.05) is 17.1 Å². The van der Waals surface area contributed by atoms with Crippen molar-refractivity contribution in [3.63, 3.8) is 0 Å². The molecule has 3 aromatic rings. The molecule has 1 aromatic heterocycles. The highest BCUT2D eigenvalue weighted by atomic mass is 19.1. The van der Waals surface area contributed by atoms with Crippen LogP contribution in [-0.4, -0.2) is 5.71 Å². The summed E-state index contributed by atoms with van der Waals surface area (Å²) in [5.41, 5.74) is 4.16. The highest BCUT2D eigenvalue weighted by molar-refractivity contribution is 6.01. The lowest BCUT2D eigenvalue weighted by molar-refractivity contribution is 0.556. The van der Waals surface area contributed by atoms with Crippen LogP contribution < -0.4 is 5.01 Å². The van der Waals surface area contributed by atoms with Crippen molar-refractivity contribution in [2.75, 3.05) is 5.01 Å². The molecule has 2 heterocycles. The van der Waals surface area contributed by atoms with E-state index in [9.17, 15) is 4.39 Å². The Balaban J connectivity index is 1.74. The summed E-state index contributed by atoms with van der Waals surface area (Å²) in [6, 6.07) is 18.7. The molecular formula is C20H17FN2O. The third-order valence-corrected chi connectivity index (χ3v) is 4.27. The van der Waals surface area contributed by atoms with Gasteiger partial charge in [-0.1, -0.05) is 29.8 Å². The van der Waals surface area contributed by atoms with Crippen LogP contribution in [0.2, 0.25) is 0 Å². The van der Waals surface area contributed by atoms with E-state index in [-0.39, 0.29) is 11.9 Å². The maximum atomic E-state index is 13.3. The molecule has 0 fully saturated rings. The summed E-state index contributed by atoms with van der Waals surface area (Å²) in [5.74, 6) is 0.525. The molecule has 1 aliphatic rings. The second kappa shape index (κ2) is 5.96. The molecule has 1 aliphatic heterocycles. The number of benzene rings is 2. The minimum absolute atomic E-state index is 0.0659. The normalized spacial score (nSPS) is 17.2. The van der Waals surface area contributed by atoms with Crippen LogP contribution in [-0.2, 0) is 0 Å². The number of rotatable bonds is 3. The summed E-state index contributed by atoms with van der Waals surface area (Å²) < 4.78 is 18.8. The molecule has 1 unspecified atom stereocenters. The summed E-state index contributed by atoms with van der Waals surface area (Å²) in [6.45, 7) is 2.07. The van der Waals surface area contributed by atoms with Crippen molar-refractivity contribution in [1.29, 1.82) is 0 Å². The highest BCUT2D eigenvalue weighted by Crippen LogP contribution is 2.36. The van der Waals surface area contributed by atoms with Crippen molar-refractivity contribution < 1.29 is 8.81 Å². The Hall–Kier alpha value is -2.88. The standard InChI is InChI=1S/C20H17FN2O/c1-14-4-6-15(7-5-14)19-13-18(20-3-2-12-24-20)22-23(19)17-10-8-16(21)9-11-17/h2-12,19H,13H2,1H3. The fraction of sp³-hybridized carbons (Fsp3) is 0.150. The van der Waals surface area contributed by atoms with E-state index in [0.717, 1.165) is 23.6 Å². The Morgan fingerprint density at radius 3 is 2.46 bits per heavy atom. The monoisotopic (exact) mass is 320 g/mol. The van der Waals surface area contributed by atoms with Crippen LogP contribution in [0.3, 0.4) is 0 Å². The topological polar surface area (TPSA) is 28.7 Å².